The number of sulfone groups is 1. The zero-order valence-corrected chi connectivity index (χ0v) is 24.8. The molecule has 5 N–H and O–H groups in total. The average Bonchev–Trinajstić information content (AvgIpc) is 2.95. The highest BCUT2D eigenvalue weighted by Crippen LogP contribution is 2.31. The van der Waals surface area contributed by atoms with Gasteiger partial charge in [-0.1, -0.05) is 45.9 Å². The van der Waals surface area contributed by atoms with Crippen LogP contribution in [0.2, 0.25) is 0 Å². The van der Waals surface area contributed by atoms with E-state index >= 15 is 0 Å². The number of carboxylic acid groups (broad SMARTS) is 1. The van der Waals surface area contributed by atoms with Crippen molar-refractivity contribution in [2.75, 3.05) is 18.0 Å². The number of benzene rings is 2. The first kappa shape index (κ1) is 30.4. The van der Waals surface area contributed by atoms with Gasteiger partial charge in [-0.3, -0.25) is 9.78 Å². The standard InChI is InChI=1S/C31H35N5O5S/c1-5-42(40,41)24-9-6-19(7-10-24)25-16-21-14-20(8-11-26(21)35-28(25)32)22-15-23(18-33-17-22)29(37)34-13-12-27(31(2,3)4)36-30(38)39/h6-11,14-18,27,36H,5,12-13H2,1-4H3,(H2,32,35)(H,34,37)(H,38,39). The minimum Gasteiger partial charge on any atom is -0.465 e. The van der Waals surface area contributed by atoms with Crippen molar-refractivity contribution in [3.8, 4) is 22.3 Å². The molecule has 0 bridgehead atoms. The van der Waals surface area contributed by atoms with Crippen LogP contribution in [0.25, 0.3) is 33.2 Å². The molecule has 220 valence electrons. The third kappa shape index (κ3) is 7.03. The summed E-state index contributed by atoms with van der Waals surface area (Å²) in [5, 5.41) is 15.3. The van der Waals surface area contributed by atoms with Gasteiger partial charge in [0.15, 0.2) is 9.84 Å². The predicted molar refractivity (Wildman–Crippen MR) is 164 cm³/mol. The summed E-state index contributed by atoms with van der Waals surface area (Å²) in [4.78, 5) is 33.1. The topological polar surface area (TPSA) is 164 Å². The van der Waals surface area contributed by atoms with Crippen molar-refractivity contribution >= 4 is 38.6 Å². The van der Waals surface area contributed by atoms with Gasteiger partial charge in [0, 0.05) is 41.5 Å². The number of anilines is 1. The highest BCUT2D eigenvalue weighted by Gasteiger charge is 2.26. The first-order chi connectivity index (χ1) is 19.8. The van der Waals surface area contributed by atoms with Crippen LogP contribution in [0, 0.1) is 5.41 Å². The number of hydrogen-bond acceptors (Lipinski definition) is 7. The molecule has 42 heavy (non-hydrogen) atoms. The molecule has 2 amide bonds. The van der Waals surface area contributed by atoms with Gasteiger partial charge in [-0.15, -0.1) is 0 Å². The molecule has 2 heterocycles. The van der Waals surface area contributed by atoms with E-state index in [-0.39, 0.29) is 28.0 Å². The number of fused-ring (bicyclic) bond motifs is 1. The molecule has 1 unspecified atom stereocenters. The number of pyridine rings is 2. The molecular formula is C31H35N5O5S. The van der Waals surface area contributed by atoms with E-state index in [4.69, 9.17) is 10.8 Å². The first-order valence-corrected chi connectivity index (χ1v) is 15.2. The van der Waals surface area contributed by atoms with Crippen LogP contribution in [0.5, 0.6) is 0 Å². The molecule has 0 aliphatic heterocycles. The van der Waals surface area contributed by atoms with E-state index in [0.29, 0.717) is 35.4 Å². The smallest absolute Gasteiger partial charge is 0.404 e. The fourth-order valence-corrected chi connectivity index (χ4v) is 5.52. The molecule has 0 aliphatic carbocycles. The van der Waals surface area contributed by atoms with Gasteiger partial charge in [0.05, 0.1) is 21.7 Å². The predicted octanol–water partition coefficient (Wildman–Crippen LogP) is 5.14. The maximum absolute atomic E-state index is 12.9. The van der Waals surface area contributed by atoms with Crippen LogP contribution in [-0.4, -0.2) is 53.8 Å². The largest absolute Gasteiger partial charge is 0.465 e. The molecule has 11 heteroatoms. The second-order valence-corrected chi connectivity index (χ2v) is 13.4. The molecule has 10 nitrogen and oxygen atoms in total. The maximum Gasteiger partial charge on any atom is 0.404 e. The average molecular weight is 590 g/mol. The molecule has 0 spiro atoms. The van der Waals surface area contributed by atoms with Gasteiger partial charge in [0.25, 0.3) is 5.91 Å². The Morgan fingerprint density at radius 3 is 2.31 bits per heavy atom. The summed E-state index contributed by atoms with van der Waals surface area (Å²) < 4.78 is 24.4. The fraction of sp³-hybridized carbons (Fsp3) is 0.290. The second-order valence-electron chi connectivity index (χ2n) is 11.1. The number of carbonyl (C=O) groups is 2. The second kappa shape index (κ2) is 12.2. The SMILES string of the molecule is CCS(=O)(=O)c1ccc(-c2cc3cc(-c4cncc(C(=O)NCCC(NC(=O)O)C(C)(C)C)c4)ccc3nc2N)cc1. The third-order valence-corrected chi connectivity index (χ3v) is 8.89. The fourth-order valence-electron chi connectivity index (χ4n) is 4.64. The molecule has 0 aliphatic rings. The van der Waals surface area contributed by atoms with Crippen LogP contribution in [0.15, 0.2) is 71.9 Å². The highest BCUT2D eigenvalue weighted by atomic mass is 32.2. The lowest BCUT2D eigenvalue weighted by atomic mass is 9.85. The number of carbonyl (C=O) groups excluding carboxylic acids is 1. The number of aromatic nitrogens is 2. The van der Waals surface area contributed by atoms with Crippen molar-refractivity contribution in [3.63, 3.8) is 0 Å². The quantitative estimate of drug-likeness (QED) is 0.208. The summed E-state index contributed by atoms with van der Waals surface area (Å²) in [6.07, 6.45) is 2.50. The first-order valence-electron chi connectivity index (χ1n) is 13.5. The molecule has 4 rings (SSSR count). The molecule has 0 fully saturated rings. The van der Waals surface area contributed by atoms with Crippen LogP contribution in [0.1, 0.15) is 44.5 Å². The van der Waals surface area contributed by atoms with Crippen LogP contribution in [0.3, 0.4) is 0 Å². The highest BCUT2D eigenvalue weighted by molar-refractivity contribution is 7.91. The summed E-state index contributed by atoms with van der Waals surface area (Å²) in [6, 6.07) is 15.6. The van der Waals surface area contributed by atoms with Crippen LogP contribution in [0.4, 0.5) is 10.6 Å². The van der Waals surface area contributed by atoms with Gasteiger partial charge in [0.1, 0.15) is 5.82 Å². The number of rotatable bonds is 9. The molecule has 4 aromatic rings. The van der Waals surface area contributed by atoms with Gasteiger partial charge in [-0.05, 0) is 59.4 Å². The Hall–Kier alpha value is -4.51. The van der Waals surface area contributed by atoms with E-state index in [1.54, 1.807) is 43.5 Å². The Labute approximate surface area is 245 Å². The lowest BCUT2D eigenvalue weighted by Crippen LogP contribution is -2.45. The van der Waals surface area contributed by atoms with Crippen molar-refractivity contribution in [1.82, 2.24) is 20.6 Å². The van der Waals surface area contributed by atoms with Crippen molar-refractivity contribution < 1.29 is 23.1 Å². The Bertz CT molecular complexity index is 1730. The number of amides is 2. The zero-order chi connectivity index (χ0) is 30.7. The summed E-state index contributed by atoms with van der Waals surface area (Å²) in [7, 11) is -3.31. The lowest BCUT2D eigenvalue weighted by molar-refractivity contribution is 0.0949. The molecule has 0 saturated heterocycles. The van der Waals surface area contributed by atoms with Crippen molar-refractivity contribution in [2.24, 2.45) is 5.41 Å². The normalized spacial score (nSPS) is 12.6. The lowest BCUT2D eigenvalue weighted by Gasteiger charge is -2.30. The molecular weight excluding hydrogens is 554 g/mol. The van der Waals surface area contributed by atoms with Crippen molar-refractivity contribution in [1.29, 1.82) is 0 Å². The van der Waals surface area contributed by atoms with Crippen LogP contribution >= 0.6 is 0 Å². The minimum absolute atomic E-state index is 0.0223. The minimum atomic E-state index is -3.31. The van der Waals surface area contributed by atoms with E-state index < -0.39 is 15.9 Å². The van der Waals surface area contributed by atoms with Crippen LogP contribution in [-0.2, 0) is 9.84 Å². The molecule has 0 radical (unpaired) electrons. The van der Waals surface area contributed by atoms with E-state index in [0.717, 1.165) is 22.1 Å². The maximum atomic E-state index is 12.9. The summed E-state index contributed by atoms with van der Waals surface area (Å²) in [5.74, 6) is 0.0429. The third-order valence-electron chi connectivity index (χ3n) is 7.14. The monoisotopic (exact) mass is 589 g/mol. The van der Waals surface area contributed by atoms with Gasteiger partial charge >= 0.3 is 6.09 Å². The van der Waals surface area contributed by atoms with Crippen LogP contribution < -0.4 is 16.4 Å². The van der Waals surface area contributed by atoms with Gasteiger partial charge in [0.2, 0.25) is 0 Å². The Kier molecular flexibility index (Phi) is 8.81. The van der Waals surface area contributed by atoms with E-state index in [2.05, 4.69) is 20.6 Å². The summed E-state index contributed by atoms with van der Waals surface area (Å²) >= 11 is 0. The summed E-state index contributed by atoms with van der Waals surface area (Å²) in [6.45, 7) is 7.72. The molecule has 2 aromatic carbocycles. The number of nitrogens with zero attached hydrogens (tertiary/aromatic N) is 2. The Balaban J connectivity index is 1.55. The van der Waals surface area contributed by atoms with E-state index in [1.165, 1.54) is 6.20 Å². The Morgan fingerprint density at radius 1 is 0.976 bits per heavy atom. The van der Waals surface area contributed by atoms with Crippen molar-refractivity contribution in [3.05, 3.63) is 72.6 Å². The van der Waals surface area contributed by atoms with Crippen molar-refractivity contribution in [2.45, 2.75) is 45.1 Å². The summed E-state index contributed by atoms with van der Waals surface area (Å²) in [5.41, 5.74) is 10.0. The van der Waals surface area contributed by atoms with E-state index in [9.17, 15) is 18.0 Å². The number of hydrogen-bond donors (Lipinski definition) is 4. The van der Waals surface area contributed by atoms with Gasteiger partial charge < -0.3 is 21.5 Å². The van der Waals surface area contributed by atoms with Gasteiger partial charge in [-0.25, -0.2) is 18.2 Å². The number of nitrogens with two attached hydrogens (primary N) is 1. The van der Waals surface area contributed by atoms with Gasteiger partial charge in [-0.2, -0.15) is 0 Å². The molecule has 2 aromatic heterocycles. The zero-order valence-electron chi connectivity index (χ0n) is 24.0. The Morgan fingerprint density at radius 2 is 1.67 bits per heavy atom. The molecule has 0 saturated carbocycles. The van der Waals surface area contributed by atoms with E-state index in [1.807, 2.05) is 45.0 Å². The molecule has 1 atom stereocenters. The number of nitrogens with one attached hydrogen (secondary N) is 2. The number of nitrogen functional groups attached to an aromatic ring is 1.